The largest absolute Gasteiger partial charge is 0.309 e. The summed E-state index contributed by atoms with van der Waals surface area (Å²) in [6.45, 7) is 6.75. The summed E-state index contributed by atoms with van der Waals surface area (Å²) in [5.74, 6) is 0. The van der Waals surface area contributed by atoms with Crippen LogP contribution in [0.1, 0.15) is 16.7 Å². The van der Waals surface area contributed by atoms with E-state index in [0.29, 0.717) is 0 Å². The van der Waals surface area contributed by atoms with E-state index < -0.39 is 0 Å². The predicted octanol–water partition coefficient (Wildman–Crippen LogP) is 13.8. The van der Waals surface area contributed by atoms with Crippen molar-refractivity contribution in [3.63, 3.8) is 0 Å². The van der Waals surface area contributed by atoms with Gasteiger partial charge in [0.25, 0.3) is 0 Å². The van der Waals surface area contributed by atoms with Crippen molar-refractivity contribution < 1.29 is 0 Å². The number of nitrogens with zero attached hydrogens (tertiary/aromatic N) is 2. The monoisotopic (exact) mass is 676 g/mol. The first-order valence-electron chi connectivity index (χ1n) is 18.5. The van der Waals surface area contributed by atoms with Crippen LogP contribution >= 0.6 is 0 Å². The topological polar surface area (TPSA) is 9.86 Å². The molecule has 11 rings (SSSR count). The lowest BCUT2D eigenvalue weighted by Gasteiger charge is -2.25. The molecule has 0 unspecified atom stereocenters. The molecule has 10 aromatic rings. The van der Waals surface area contributed by atoms with Gasteiger partial charge >= 0.3 is 0 Å². The van der Waals surface area contributed by atoms with Crippen molar-refractivity contribution in [3.8, 4) is 55.9 Å². The van der Waals surface area contributed by atoms with Crippen molar-refractivity contribution in [1.29, 1.82) is 0 Å². The van der Waals surface area contributed by atoms with Gasteiger partial charge in [-0.15, -0.1) is 0 Å². The molecule has 53 heavy (non-hydrogen) atoms. The molecule has 0 N–H and O–H groups in total. The molecule has 0 bridgehead atoms. The van der Waals surface area contributed by atoms with Gasteiger partial charge in [-0.3, -0.25) is 0 Å². The lowest BCUT2D eigenvalue weighted by atomic mass is 9.79. The third kappa shape index (κ3) is 4.27. The maximum Gasteiger partial charge on any atom is 0.0542 e. The predicted molar refractivity (Wildman–Crippen MR) is 225 cm³/mol. The Balaban J connectivity index is 1.21. The minimum absolute atomic E-state index is 1.17. The minimum atomic E-state index is 1.17. The van der Waals surface area contributed by atoms with Gasteiger partial charge in [0.2, 0.25) is 0 Å². The van der Waals surface area contributed by atoms with E-state index in [4.69, 9.17) is 0 Å². The second-order valence-corrected chi connectivity index (χ2v) is 14.7. The van der Waals surface area contributed by atoms with E-state index in [1.807, 2.05) is 0 Å². The molecule has 0 aliphatic heterocycles. The van der Waals surface area contributed by atoms with Crippen LogP contribution in [-0.4, -0.2) is 9.13 Å². The maximum absolute atomic E-state index is 2.50. The number of fused-ring (bicyclic) bond motifs is 14. The first-order chi connectivity index (χ1) is 26.0. The first-order valence-corrected chi connectivity index (χ1v) is 18.5. The average molecular weight is 677 g/mol. The second kappa shape index (κ2) is 11.2. The summed E-state index contributed by atoms with van der Waals surface area (Å²) in [7, 11) is 0. The van der Waals surface area contributed by atoms with Crippen LogP contribution in [-0.2, 0) is 0 Å². The van der Waals surface area contributed by atoms with E-state index in [9.17, 15) is 0 Å². The van der Waals surface area contributed by atoms with Crippen LogP contribution < -0.4 is 0 Å². The van der Waals surface area contributed by atoms with E-state index in [1.165, 1.54) is 116 Å². The number of rotatable bonds is 2. The highest BCUT2D eigenvalue weighted by molar-refractivity contribution is 6.13. The summed E-state index contributed by atoms with van der Waals surface area (Å²) < 4.78 is 4.92. The molecule has 2 heterocycles. The van der Waals surface area contributed by atoms with E-state index in [0.717, 1.165) is 0 Å². The molecule has 0 saturated carbocycles. The fourth-order valence-corrected chi connectivity index (χ4v) is 9.11. The SMILES string of the molecule is Cc1cc2c(cc1C)-c1cc(-n3c4ccccc4c4cc(-n5c6ccccc6c6ccccc65)ccc43)c(C)cc1-c1ccccc1-c1ccccc1-2. The van der Waals surface area contributed by atoms with Gasteiger partial charge in [0, 0.05) is 32.9 Å². The summed E-state index contributed by atoms with van der Waals surface area (Å²) in [6, 6.07) is 61.0. The molecule has 0 fully saturated rings. The third-order valence-electron chi connectivity index (χ3n) is 11.7. The van der Waals surface area contributed by atoms with Crippen molar-refractivity contribution in [3.05, 3.63) is 180 Å². The van der Waals surface area contributed by atoms with Crippen molar-refractivity contribution in [2.24, 2.45) is 0 Å². The van der Waals surface area contributed by atoms with Crippen LogP contribution in [0.4, 0.5) is 0 Å². The molecule has 8 aromatic carbocycles. The molecule has 0 radical (unpaired) electrons. The number of aromatic nitrogens is 2. The highest BCUT2D eigenvalue weighted by Gasteiger charge is 2.25. The number of para-hydroxylation sites is 3. The Morgan fingerprint density at radius 2 is 0.660 bits per heavy atom. The summed E-state index contributed by atoms with van der Waals surface area (Å²) in [5, 5.41) is 5.05. The lowest BCUT2D eigenvalue weighted by molar-refractivity contribution is 1.14. The van der Waals surface area contributed by atoms with Gasteiger partial charge in [-0.2, -0.15) is 0 Å². The van der Waals surface area contributed by atoms with Crippen LogP contribution in [0.25, 0.3) is 99.5 Å². The molecule has 1 aliphatic rings. The molecule has 1 aliphatic carbocycles. The highest BCUT2D eigenvalue weighted by Crippen LogP contribution is 2.50. The summed E-state index contributed by atoms with van der Waals surface area (Å²) in [5.41, 5.74) is 21.3. The number of aryl methyl sites for hydroxylation is 3. The molecular weight excluding hydrogens is 641 g/mol. The molecule has 2 nitrogen and oxygen atoms in total. The van der Waals surface area contributed by atoms with E-state index in [-0.39, 0.29) is 0 Å². The van der Waals surface area contributed by atoms with Crippen molar-refractivity contribution in [1.82, 2.24) is 9.13 Å². The number of hydrogen-bond acceptors (Lipinski definition) is 0. The van der Waals surface area contributed by atoms with Crippen LogP contribution in [0.5, 0.6) is 0 Å². The summed E-state index contributed by atoms with van der Waals surface area (Å²) in [6.07, 6.45) is 0. The lowest BCUT2D eigenvalue weighted by Crippen LogP contribution is -2.03. The smallest absolute Gasteiger partial charge is 0.0542 e. The van der Waals surface area contributed by atoms with Crippen molar-refractivity contribution in [2.75, 3.05) is 0 Å². The van der Waals surface area contributed by atoms with Gasteiger partial charge in [-0.25, -0.2) is 0 Å². The van der Waals surface area contributed by atoms with E-state index in [1.54, 1.807) is 0 Å². The van der Waals surface area contributed by atoms with Crippen LogP contribution in [0.3, 0.4) is 0 Å². The molecule has 2 aromatic heterocycles. The first kappa shape index (κ1) is 30.0. The Bertz CT molecular complexity index is 3100. The number of benzene rings is 8. The van der Waals surface area contributed by atoms with Gasteiger partial charge in [-0.05, 0) is 131 Å². The molecule has 0 amide bonds. The zero-order valence-electron chi connectivity index (χ0n) is 30.0. The van der Waals surface area contributed by atoms with Gasteiger partial charge in [0.05, 0.1) is 22.1 Å². The van der Waals surface area contributed by atoms with Gasteiger partial charge < -0.3 is 9.13 Å². The Hall–Kier alpha value is -6.64. The Morgan fingerprint density at radius 1 is 0.283 bits per heavy atom. The molecular formula is C51H36N2. The van der Waals surface area contributed by atoms with Crippen LogP contribution in [0, 0.1) is 20.8 Å². The standard InChI is InChI=1S/C51H36N2/c1-31-26-42-37-16-6-4-14-35(37)36-15-5-7-17-38(36)43-28-33(3)51(30-45(43)44(42)27-32(31)2)53-49-23-13-10-20-41(49)46-29-34(24-25-50(46)53)52-47-21-11-8-18-39(47)40-19-9-12-22-48(40)52/h4-30H,1-3H3. The fraction of sp³-hybridized carbons (Fsp3) is 0.0588. The number of hydrogen-bond donors (Lipinski definition) is 0. The molecule has 0 saturated heterocycles. The van der Waals surface area contributed by atoms with Gasteiger partial charge in [-0.1, -0.05) is 115 Å². The highest BCUT2D eigenvalue weighted by atomic mass is 15.0. The summed E-state index contributed by atoms with van der Waals surface area (Å²) >= 11 is 0. The normalized spacial score (nSPS) is 12.1. The Labute approximate surface area is 308 Å². The van der Waals surface area contributed by atoms with Crippen LogP contribution in [0.15, 0.2) is 164 Å². The van der Waals surface area contributed by atoms with Gasteiger partial charge in [0.1, 0.15) is 0 Å². The molecule has 250 valence electrons. The van der Waals surface area contributed by atoms with E-state index in [2.05, 4.69) is 194 Å². The maximum atomic E-state index is 2.50. The zero-order valence-corrected chi connectivity index (χ0v) is 30.0. The molecule has 0 atom stereocenters. The minimum Gasteiger partial charge on any atom is -0.309 e. The van der Waals surface area contributed by atoms with Crippen LogP contribution in [0.2, 0.25) is 0 Å². The van der Waals surface area contributed by atoms with E-state index >= 15 is 0 Å². The third-order valence-corrected chi connectivity index (χ3v) is 11.7. The fourth-order valence-electron chi connectivity index (χ4n) is 9.11. The van der Waals surface area contributed by atoms with Crippen molar-refractivity contribution >= 4 is 43.6 Å². The average Bonchev–Trinajstić information content (AvgIpc) is 3.71. The zero-order chi connectivity index (χ0) is 35.4. The second-order valence-electron chi connectivity index (χ2n) is 14.7. The van der Waals surface area contributed by atoms with Gasteiger partial charge in [0.15, 0.2) is 0 Å². The molecule has 0 spiro atoms. The Kier molecular flexibility index (Phi) is 6.33. The Morgan fingerprint density at radius 3 is 1.21 bits per heavy atom. The quantitative estimate of drug-likeness (QED) is 0.172. The van der Waals surface area contributed by atoms with Crippen molar-refractivity contribution in [2.45, 2.75) is 20.8 Å². The molecule has 2 heteroatoms. The summed E-state index contributed by atoms with van der Waals surface area (Å²) in [4.78, 5) is 0.